The van der Waals surface area contributed by atoms with Gasteiger partial charge in [-0.3, -0.25) is 15.5 Å². The maximum absolute atomic E-state index is 14.6. The molecular formula is C23H24F2N4O2S. The second-order valence-electron chi connectivity index (χ2n) is 8.43. The quantitative estimate of drug-likeness (QED) is 0.643. The van der Waals surface area contributed by atoms with Gasteiger partial charge >= 0.3 is 0 Å². The van der Waals surface area contributed by atoms with Gasteiger partial charge in [-0.1, -0.05) is 24.2 Å². The average molecular weight is 459 g/mol. The van der Waals surface area contributed by atoms with Crippen molar-refractivity contribution in [2.75, 3.05) is 5.32 Å². The highest BCUT2D eigenvalue weighted by Gasteiger charge is 2.47. The second-order valence-corrected chi connectivity index (χ2v) is 9.71. The Balaban J connectivity index is 1.49. The molecule has 3 aliphatic rings. The van der Waals surface area contributed by atoms with E-state index < -0.39 is 22.5 Å². The average Bonchev–Trinajstić information content (AvgIpc) is 3.38. The van der Waals surface area contributed by atoms with Crippen molar-refractivity contribution in [2.45, 2.75) is 49.3 Å². The van der Waals surface area contributed by atoms with Gasteiger partial charge in [-0.15, -0.1) is 0 Å². The molecule has 168 valence electrons. The summed E-state index contributed by atoms with van der Waals surface area (Å²) in [6.07, 6.45) is 7.88. The third kappa shape index (κ3) is 3.89. The van der Waals surface area contributed by atoms with Crippen molar-refractivity contribution in [2.24, 2.45) is 11.7 Å². The summed E-state index contributed by atoms with van der Waals surface area (Å²) in [6.45, 7) is 0. The number of fused-ring (bicyclic) bond motifs is 1. The number of ether oxygens (including phenoxy) is 1. The minimum absolute atomic E-state index is 0.141. The fourth-order valence-corrected chi connectivity index (χ4v) is 6.19. The van der Waals surface area contributed by atoms with Crippen molar-refractivity contribution in [3.63, 3.8) is 0 Å². The van der Waals surface area contributed by atoms with Crippen LogP contribution in [0, 0.1) is 17.6 Å². The molecule has 6 nitrogen and oxygen atoms in total. The lowest BCUT2D eigenvalue weighted by atomic mass is 9.93. The molecule has 0 bridgehead atoms. The third-order valence-electron chi connectivity index (χ3n) is 6.33. The Morgan fingerprint density at radius 2 is 2.00 bits per heavy atom. The summed E-state index contributed by atoms with van der Waals surface area (Å²) in [4.78, 5) is 16.1. The first-order valence-electron chi connectivity index (χ1n) is 10.8. The minimum Gasteiger partial charge on any atom is -0.369 e. The van der Waals surface area contributed by atoms with Crippen LogP contribution in [0.25, 0.3) is 0 Å². The number of carbonyl (C=O) groups excluding carboxylic acids is 1. The molecule has 2 aromatic rings. The molecule has 1 aliphatic carbocycles. The molecule has 9 heteroatoms. The van der Waals surface area contributed by atoms with Gasteiger partial charge in [0, 0.05) is 11.1 Å². The number of rotatable bonds is 4. The number of carbonyl (C=O) groups is 1. The molecular weight excluding hydrogens is 434 g/mol. The highest BCUT2D eigenvalue weighted by atomic mass is 32.2. The van der Waals surface area contributed by atoms with E-state index in [1.807, 2.05) is 0 Å². The van der Waals surface area contributed by atoms with Crippen molar-refractivity contribution in [3.05, 3.63) is 70.5 Å². The van der Waals surface area contributed by atoms with E-state index in [9.17, 15) is 13.6 Å². The van der Waals surface area contributed by atoms with Gasteiger partial charge in [0.25, 0.3) is 5.91 Å². The van der Waals surface area contributed by atoms with E-state index in [0.717, 1.165) is 56.0 Å². The summed E-state index contributed by atoms with van der Waals surface area (Å²) in [7, 11) is 0. The predicted octanol–water partition coefficient (Wildman–Crippen LogP) is 3.96. The molecule has 1 aromatic carbocycles. The normalized spacial score (nSPS) is 29.5. The molecule has 4 N–H and O–H groups in total. The number of benzene rings is 1. The van der Waals surface area contributed by atoms with Crippen molar-refractivity contribution < 1.29 is 18.3 Å². The monoisotopic (exact) mass is 458 g/mol. The van der Waals surface area contributed by atoms with Crippen LogP contribution in [-0.2, 0) is 14.5 Å². The SMILES string of the molecule is NC1(c2c(F)cccc2F)NC(C(=O)Nc2cccnc2)=C(C2CCC3CCCC3O2)S1. The summed E-state index contributed by atoms with van der Waals surface area (Å²) in [5, 5.41) is 5.70. The number of pyridine rings is 1. The summed E-state index contributed by atoms with van der Waals surface area (Å²) in [6, 6.07) is 7.01. The van der Waals surface area contributed by atoms with Gasteiger partial charge in [-0.2, -0.15) is 0 Å². The third-order valence-corrected chi connectivity index (χ3v) is 7.64. The molecule has 1 saturated heterocycles. The van der Waals surface area contributed by atoms with Crippen LogP contribution in [-0.4, -0.2) is 23.1 Å². The number of nitrogens with zero attached hydrogens (tertiary/aromatic N) is 1. The molecule has 0 spiro atoms. The van der Waals surface area contributed by atoms with E-state index in [4.69, 9.17) is 10.5 Å². The summed E-state index contributed by atoms with van der Waals surface area (Å²) in [5.74, 6) is -1.48. The van der Waals surface area contributed by atoms with Gasteiger partial charge in [0.2, 0.25) is 0 Å². The number of aromatic nitrogens is 1. The van der Waals surface area contributed by atoms with Gasteiger partial charge < -0.3 is 15.4 Å². The Morgan fingerprint density at radius 1 is 1.19 bits per heavy atom. The largest absolute Gasteiger partial charge is 0.369 e. The Hall–Kier alpha value is -2.49. The van der Waals surface area contributed by atoms with Crippen molar-refractivity contribution in [3.8, 4) is 0 Å². The van der Waals surface area contributed by atoms with Crippen LogP contribution in [0.1, 0.15) is 37.7 Å². The van der Waals surface area contributed by atoms with Crippen molar-refractivity contribution >= 4 is 23.4 Å². The van der Waals surface area contributed by atoms with E-state index in [-0.39, 0.29) is 23.5 Å². The molecule has 5 rings (SSSR count). The van der Waals surface area contributed by atoms with Gasteiger partial charge in [-0.25, -0.2) is 8.78 Å². The summed E-state index contributed by atoms with van der Waals surface area (Å²) < 4.78 is 35.6. The van der Waals surface area contributed by atoms with E-state index in [2.05, 4.69) is 15.6 Å². The fourth-order valence-electron chi connectivity index (χ4n) is 4.84. The van der Waals surface area contributed by atoms with Gasteiger partial charge in [0.1, 0.15) is 17.3 Å². The topological polar surface area (TPSA) is 89.3 Å². The number of anilines is 1. The van der Waals surface area contributed by atoms with Gasteiger partial charge in [-0.05, 0) is 55.9 Å². The molecule has 3 heterocycles. The molecule has 4 unspecified atom stereocenters. The zero-order valence-electron chi connectivity index (χ0n) is 17.3. The standard InChI is InChI=1S/C23H24F2N4O2S/c24-15-6-2-7-16(25)19(15)23(26)29-20(22(30)28-14-5-3-11-27-12-14)21(32-23)18-10-9-13-4-1-8-17(13)31-18/h2-3,5-7,11-13,17-18,29H,1,4,8-10,26H2,(H,28,30). The number of halogens is 2. The number of thioether (sulfide) groups is 1. The van der Waals surface area contributed by atoms with E-state index in [1.54, 1.807) is 18.3 Å². The van der Waals surface area contributed by atoms with Crippen LogP contribution in [0.2, 0.25) is 0 Å². The van der Waals surface area contributed by atoms with Crippen LogP contribution < -0.4 is 16.4 Å². The number of hydrogen-bond donors (Lipinski definition) is 3. The summed E-state index contributed by atoms with van der Waals surface area (Å²) in [5.41, 5.74) is 6.85. The number of amides is 1. The molecule has 2 fully saturated rings. The first-order valence-corrected chi connectivity index (χ1v) is 11.6. The van der Waals surface area contributed by atoms with Crippen LogP contribution in [0.4, 0.5) is 14.5 Å². The molecule has 1 aromatic heterocycles. The lowest BCUT2D eigenvalue weighted by Crippen LogP contribution is -2.46. The van der Waals surface area contributed by atoms with E-state index in [0.29, 0.717) is 16.5 Å². The molecule has 1 saturated carbocycles. The predicted molar refractivity (Wildman–Crippen MR) is 118 cm³/mol. The highest BCUT2D eigenvalue weighted by Crippen LogP contribution is 2.49. The van der Waals surface area contributed by atoms with Crippen LogP contribution in [0.15, 0.2) is 53.3 Å². The molecule has 1 amide bonds. The lowest BCUT2D eigenvalue weighted by Gasteiger charge is -2.33. The number of nitrogens with one attached hydrogen (secondary N) is 2. The van der Waals surface area contributed by atoms with Crippen LogP contribution in [0.5, 0.6) is 0 Å². The zero-order valence-corrected chi connectivity index (χ0v) is 18.1. The van der Waals surface area contributed by atoms with E-state index >= 15 is 0 Å². The lowest BCUT2D eigenvalue weighted by molar-refractivity contribution is -0.113. The maximum atomic E-state index is 14.6. The first kappa shape index (κ1) is 21.4. The van der Waals surface area contributed by atoms with Gasteiger partial charge in [0.15, 0.2) is 4.99 Å². The molecule has 32 heavy (non-hydrogen) atoms. The second kappa shape index (κ2) is 8.46. The summed E-state index contributed by atoms with van der Waals surface area (Å²) >= 11 is 1.05. The van der Waals surface area contributed by atoms with Crippen LogP contribution >= 0.6 is 11.8 Å². The Bertz CT molecular complexity index is 1050. The minimum atomic E-state index is -1.68. The van der Waals surface area contributed by atoms with Crippen LogP contribution in [0.3, 0.4) is 0 Å². The Kier molecular flexibility index (Phi) is 5.65. The molecule has 2 aliphatic heterocycles. The van der Waals surface area contributed by atoms with Crippen molar-refractivity contribution in [1.82, 2.24) is 10.3 Å². The maximum Gasteiger partial charge on any atom is 0.272 e. The zero-order chi connectivity index (χ0) is 22.3. The Labute approximate surface area is 189 Å². The number of nitrogens with two attached hydrogens (primary N) is 1. The molecule has 4 atom stereocenters. The smallest absolute Gasteiger partial charge is 0.272 e. The fraction of sp³-hybridized carbons (Fsp3) is 0.391. The number of hydrogen-bond acceptors (Lipinski definition) is 6. The Morgan fingerprint density at radius 3 is 2.75 bits per heavy atom. The highest BCUT2D eigenvalue weighted by molar-refractivity contribution is 8.04. The first-order chi connectivity index (χ1) is 15.4. The van der Waals surface area contributed by atoms with Gasteiger partial charge in [0.05, 0.1) is 29.7 Å². The molecule has 0 radical (unpaired) electrons. The van der Waals surface area contributed by atoms with E-state index in [1.165, 1.54) is 12.3 Å². The van der Waals surface area contributed by atoms with Crippen molar-refractivity contribution in [1.29, 1.82) is 0 Å².